The highest BCUT2D eigenvalue weighted by Crippen LogP contribution is 2.32. The first-order chi connectivity index (χ1) is 12.2. The molecule has 126 valence electrons. The molecule has 0 bridgehead atoms. The summed E-state index contributed by atoms with van der Waals surface area (Å²) in [5, 5.41) is 15.6. The molecule has 4 aromatic rings. The molecule has 0 spiro atoms. The van der Waals surface area contributed by atoms with Crippen molar-refractivity contribution in [2.75, 3.05) is 7.11 Å². The van der Waals surface area contributed by atoms with Crippen LogP contribution in [-0.2, 0) is 6.61 Å². The number of tetrazole rings is 1. The minimum atomic E-state index is -0.417. The zero-order valence-electron chi connectivity index (χ0n) is 13.6. The van der Waals surface area contributed by atoms with E-state index in [1.807, 2.05) is 31.2 Å². The minimum Gasteiger partial charge on any atom is -0.497 e. The molecule has 8 nitrogen and oxygen atoms in total. The fraction of sp³-hybridized carbons (Fsp3) is 0.176. The van der Waals surface area contributed by atoms with Crippen LogP contribution in [0.15, 0.2) is 39.5 Å². The van der Waals surface area contributed by atoms with Crippen molar-refractivity contribution in [3.63, 3.8) is 0 Å². The first-order valence-corrected chi connectivity index (χ1v) is 7.56. The van der Waals surface area contributed by atoms with Crippen molar-refractivity contribution in [3.05, 3.63) is 52.1 Å². The lowest BCUT2D eigenvalue weighted by Gasteiger charge is -2.11. The Morgan fingerprint density at radius 1 is 1.16 bits per heavy atom. The second-order valence-corrected chi connectivity index (χ2v) is 5.48. The monoisotopic (exact) mass is 338 g/mol. The number of ether oxygens (including phenoxy) is 2. The Morgan fingerprint density at radius 2 is 2.00 bits per heavy atom. The number of methoxy groups -OCH3 is 1. The van der Waals surface area contributed by atoms with Gasteiger partial charge in [-0.15, -0.1) is 10.2 Å². The molecule has 1 N–H and O–H groups in total. The number of fused-ring (bicyclic) bond motifs is 3. The van der Waals surface area contributed by atoms with E-state index in [1.54, 1.807) is 13.2 Å². The smallest absolute Gasteiger partial charge is 0.344 e. The number of aromatic amines is 1. The Hall–Kier alpha value is -3.42. The molecule has 0 fully saturated rings. The normalized spacial score (nSPS) is 11.1. The van der Waals surface area contributed by atoms with Crippen molar-refractivity contribution in [1.29, 1.82) is 0 Å². The largest absolute Gasteiger partial charge is 0.497 e. The minimum absolute atomic E-state index is 0.165. The second-order valence-electron chi connectivity index (χ2n) is 5.48. The van der Waals surface area contributed by atoms with Crippen LogP contribution >= 0.6 is 0 Å². The molecule has 0 saturated heterocycles. The van der Waals surface area contributed by atoms with Gasteiger partial charge in [0.15, 0.2) is 6.61 Å². The van der Waals surface area contributed by atoms with E-state index >= 15 is 0 Å². The summed E-state index contributed by atoms with van der Waals surface area (Å²) in [7, 11) is 1.56. The predicted octanol–water partition coefficient (Wildman–Crippen LogP) is 2.36. The van der Waals surface area contributed by atoms with Gasteiger partial charge >= 0.3 is 5.63 Å². The van der Waals surface area contributed by atoms with Gasteiger partial charge in [0.05, 0.1) is 12.5 Å². The molecule has 25 heavy (non-hydrogen) atoms. The fourth-order valence-corrected chi connectivity index (χ4v) is 2.76. The van der Waals surface area contributed by atoms with Crippen LogP contribution in [-0.4, -0.2) is 27.7 Å². The number of aromatic nitrogens is 4. The molecule has 0 amide bonds. The second kappa shape index (κ2) is 5.90. The number of rotatable bonds is 4. The molecule has 0 unspecified atom stereocenters. The van der Waals surface area contributed by atoms with Crippen LogP contribution in [0.3, 0.4) is 0 Å². The summed E-state index contributed by atoms with van der Waals surface area (Å²) < 4.78 is 16.4. The van der Waals surface area contributed by atoms with Crippen molar-refractivity contribution >= 4 is 21.7 Å². The van der Waals surface area contributed by atoms with Gasteiger partial charge in [-0.1, -0.05) is 5.21 Å². The number of hydrogen-bond acceptors (Lipinski definition) is 7. The van der Waals surface area contributed by atoms with Gasteiger partial charge in [0.1, 0.15) is 17.1 Å². The first kappa shape index (κ1) is 15.1. The molecule has 0 aliphatic heterocycles. The van der Waals surface area contributed by atoms with E-state index in [0.717, 1.165) is 16.3 Å². The molecule has 2 aromatic heterocycles. The molecule has 0 atom stereocenters. The van der Waals surface area contributed by atoms with Gasteiger partial charge < -0.3 is 13.9 Å². The zero-order valence-corrected chi connectivity index (χ0v) is 13.6. The summed E-state index contributed by atoms with van der Waals surface area (Å²) in [6, 6.07) is 9.05. The summed E-state index contributed by atoms with van der Waals surface area (Å²) in [4.78, 5) is 12.4. The number of aryl methyl sites for hydroxylation is 1. The molecule has 0 saturated carbocycles. The van der Waals surface area contributed by atoms with Gasteiger partial charge in [0.2, 0.25) is 5.82 Å². The van der Waals surface area contributed by atoms with Crippen molar-refractivity contribution in [2.45, 2.75) is 13.5 Å². The van der Waals surface area contributed by atoms with Gasteiger partial charge in [0, 0.05) is 16.3 Å². The zero-order chi connectivity index (χ0) is 17.4. The van der Waals surface area contributed by atoms with Gasteiger partial charge in [-0.25, -0.2) is 4.79 Å². The number of benzene rings is 2. The van der Waals surface area contributed by atoms with E-state index in [1.165, 1.54) is 0 Å². The van der Waals surface area contributed by atoms with Crippen LogP contribution in [0.5, 0.6) is 11.5 Å². The average molecular weight is 338 g/mol. The van der Waals surface area contributed by atoms with Crippen molar-refractivity contribution in [2.24, 2.45) is 0 Å². The molecule has 2 aromatic carbocycles. The lowest BCUT2D eigenvalue weighted by Crippen LogP contribution is -2.03. The van der Waals surface area contributed by atoms with E-state index in [2.05, 4.69) is 20.6 Å². The van der Waals surface area contributed by atoms with Gasteiger partial charge in [-0.05, 0) is 37.3 Å². The maximum Gasteiger partial charge on any atom is 0.344 e. The number of hydrogen-bond donors (Lipinski definition) is 1. The Labute approximate surface area is 141 Å². The molecule has 0 aliphatic carbocycles. The predicted molar refractivity (Wildman–Crippen MR) is 89.8 cm³/mol. The summed E-state index contributed by atoms with van der Waals surface area (Å²) in [5.74, 6) is 1.64. The van der Waals surface area contributed by atoms with Crippen molar-refractivity contribution in [3.8, 4) is 11.5 Å². The van der Waals surface area contributed by atoms with E-state index < -0.39 is 5.63 Å². The lowest BCUT2D eigenvalue weighted by atomic mass is 10.0. The molecular formula is C17H14N4O4. The summed E-state index contributed by atoms with van der Waals surface area (Å²) in [6.45, 7) is 2.00. The van der Waals surface area contributed by atoms with E-state index in [0.29, 0.717) is 28.3 Å². The molecule has 8 heteroatoms. The highest BCUT2D eigenvalue weighted by Gasteiger charge is 2.14. The third-order valence-corrected chi connectivity index (χ3v) is 4.03. The Balaban J connectivity index is 1.83. The van der Waals surface area contributed by atoms with E-state index in [-0.39, 0.29) is 6.61 Å². The average Bonchev–Trinajstić information content (AvgIpc) is 3.15. The summed E-state index contributed by atoms with van der Waals surface area (Å²) in [5.41, 5.74) is 0.809. The van der Waals surface area contributed by atoms with Crippen LogP contribution in [0.4, 0.5) is 0 Å². The maximum absolute atomic E-state index is 12.4. The van der Waals surface area contributed by atoms with Crippen LogP contribution in [0.1, 0.15) is 11.4 Å². The lowest BCUT2D eigenvalue weighted by molar-refractivity contribution is 0.294. The summed E-state index contributed by atoms with van der Waals surface area (Å²) in [6.07, 6.45) is 0. The molecule has 0 aliphatic rings. The van der Waals surface area contributed by atoms with Crippen LogP contribution in [0, 0.1) is 6.92 Å². The van der Waals surface area contributed by atoms with Crippen LogP contribution in [0.2, 0.25) is 0 Å². The summed E-state index contributed by atoms with van der Waals surface area (Å²) >= 11 is 0. The van der Waals surface area contributed by atoms with Crippen molar-refractivity contribution < 1.29 is 13.9 Å². The third kappa shape index (κ3) is 2.57. The maximum atomic E-state index is 12.4. The molecule has 2 heterocycles. The van der Waals surface area contributed by atoms with Gasteiger partial charge in [-0.3, -0.25) is 0 Å². The fourth-order valence-electron chi connectivity index (χ4n) is 2.76. The Kier molecular flexibility index (Phi) is 3.57. The van der Waals surface area contributed by atoms with Crippen LogP contribution < -0.4 is 15.1 Å². The van der Waals surface area contributed by atoms with E-state index in [4.69, 9.17) is 13.9 Å². The quantitative estimate of drug-likeness (QED) is 0.450. The molecule has 4 rings (SSSR count). The van der Waals surface area contributed by atoms with Crippen LogP contribution in [0.25, 0.3) is 21.7 Å². The SMILES string of the molecule is COc1ccc2c(c1)c(=O)oc1c(C)c(OCc3nn[nH]n3)ccc12. The van der Waals surface area contributed by atoms with Crippen molar-refractivity contribution in [1.82, 2.24) is 20.6 Å². The molecular weight excluding hydrogens is 324 g/mol. The van der Waals surface area contributed by atoms with E-state index in [9.17, 15) is 4.79 Å². The Bertz CT molecular complexity index is 1120. The third-order valence-electron chi connectivity index (χ3n) is 4.03. The molecule has 0 radical (unpaired) electrons. The highest BCUT2D eigenvalue weighted by molar-refractivity contribution is 6.05. The Morgan fingerprint density at radius 3 is 2.76 bits per heavy atom. The standard InChI is InChI=1S/C17H14N4O4/c1-9-14(24-8-15-18-20-21-19-15)6-5-12-11-4-3-10(23-2)7-13(11)17(22)25-16(9)12/h3-7H,8H2,1-2H3,(H,18,19,20,21). The number of H-pyrrole nitrogens is 1. The van der Waals surface area contributed by atoms with Gasteiger partial charge in [0.25, 0.3) is 0 Å². The number of nitrogens with one attached hydrogen (secondary N) is 1. The highest BCUT2D eigenvalue weighted by atomic mass is 16.5. The number of nitrogens with zero attached hydrogens (tertiary/aromatic N) is 3. The van der Waals surface area contributed by atoms with Gasteiger partial charge in [-0.2, -0.15) is 5.21 Å². The topological polar surface area (TPSA) is 103 Å². The first-order valence-electron chi connectivity index (χ1n) is 7.56.